The number of amides is 1. The molecule has 0 aromatic rings. The highest BCUT2D eigenvalue weighted by atomic mass is 19.4. The van der Waals surface area contributed by atoms with Gasteiger partial charge in [0.05, 0.1) is 0 Å². The zero-order valence-corrected chi connectivity index (χ0v) is 12.1. The van der Waals surface area contributed by atoms with E-state index in [4.69, 9.17) is 4.74 Å². The van der Waals surface area contributed by atoms with E-state index in [1.165, 1.54) is 0 Å². The van der Waals surface area contributed by atoms with Crippen LogP contribution in [0.25, 0.3) is 0 Å². The predicted molar refractivity (Wildman–Crippen MR) is 72.4 cm³/mol. The molecule has 0 aliphatic carbocycles. The highest BCUT2D eigenvalue weighted by Gasteiger charge is 2.28. The first-order valence-corrected chi connectivity index (χ1v) is 6.86. The summed E-state index contributed by atoms with van der Waals surface area (Å²) in [5.74, 6) is 0.315. The molecule has 0 fully saturated rings. The second-order valence-corrected chi connectivity index (χ2v) is 5.20. The molecule has 0 radical (unpaired) electrons. The topological polar surface area (TPSA) is 38.3 Å². The van der Waals surface area contributed by atoms with Crippen molar-refractivity contribution in [1.82, 2.24) is 5.32 Å². The maximum atomic E-state index is 12.0. The lowest BCUT2D eigenvalue weighted by atomic mass is 10.0. The summed E-state index contributed by atoms with van der Waals surface area (Å²) < 4.78 is 41.0. The van der Waals surface area contributed by atoms with Gasteiger partial charge in [-0.15, -0.1) is 6.58 Å². The Balaban J connectivity index is 4.12. The molecule has 0 rings (SSSR count). The van der Waals surface area contributed by atoms with Crippen LogP contribution in [0.15, 0.2) is 12.7 Å². The van der Waals surface area contributed by atoms with E-state index in [1.54, 1.807) is 5.32 Å². The van der Waals surface area contributed by atoms with Crippen LogP contribution < -0.4 is 5.32 Å². The summed E-state index contributed by atoms with van der Waals surface area (Å²) in [5, 5.41) is 1.73. The Bertz CT molecular complexity index is 291. The molecular weight excluding hydrogens is 271 g/mol. The Morgan fingerprint density at radius 1 is 1.35 bits per heavy atom. The maximum absolute atomic E-state index is 12.0. The number of alkyl carbamates (subject to hydrolysis) is 1. The van der Waals surface area contributed by atoms with Crippen molar-refractivity contribution in [3.05, 3.63) is 12.7 Å². The van der Waals surface area contributed by atoms with Crippen LogP contribution in [0.1, 0.15) is 46.0 Å². The number of unbranched alkanes of at least 4 members (excludes halogenated alkanes) is 2. The number of carbonyl (C=O) groups is 1. The second kappa shape index (κ2) is 9.66. The normalized spacial score (nSPS) is 13.1. The molecule has 1 N–H and O–H groups in total. The number of rotatable bonds is 9. The molecule has 6 heteroatoms. The Morgan fingerprint density at radius 3 is 2.50 bits per heavy atom. The molecule has 1 amide bonds. The lowest BCUT2D eigenvalue weighted by Gasteiger charge is -2.20. The molecule has 0 aromatic carbocycles. The lowest BCUT2D eigenvalue weighted by molar-refractivity contribution is -0.124. The van der Waals surface area contributed by atoms with Crippen LogP contribution in [0.3, 0.4) is 0 Å². The van der Waals surface area contributed by atoms with Crippen molar-refractivity contribution in [2.75, 3.05) is 6.54 Å². The van der Waals surface area contributed by atoms with E-state index in [0.717, 1.165) is 19.3 Å². The standard InChI is InChI=1S/C14H24F3NO2/c1-4-5-6-7-8-12(9-11(2)3)20-13(19)18-10-14(15,16)17/h4,11-12H,1,5-10H2,2-3H3,(H,18,19). The molecule has 3 nitrogen and oxygen atoms in total. The molecule has 0 aromatic heterocycles. The number of nitrogens with one attached hydrogen (secondary N) is 1. The molecule has 20 heavy (non-hydrogen) atoms. The second-order valence-electron chi connectivity index (χ2n) is 5.20. The van der Waals surface area contributed by atoms with Gasteiger partial charge in [-0.05, 0) is 38.0 Å². The molecule has 0 saturated heterocycles. The van der Waals surface area contributed by atoms with Gasteiger partial charge in [0, 0.05) is 0 Å². The first-order chi connectivity index (χ1) is 9.24. The van der Waals surface area contributed by atoms with Crippen molar-refractivity contribution in [3.63, 3.8) is 0 Å². The number of alkyl halides is 3. The highest BCUT2D eigenvalue weighted by Crippen LogP contribution is 2.16. The lowest BCUT2D eigenvalue weighted by Crippen LogP contribution is -2.36. The van der Waals surface area contributed by atoms with Crippen LogP contribution in [0.5, 0.6) is 0 Å². The predicted octanol–water partition coefficient (Wildman–Crippen LogP) is 4.44. The third-order valence-corrected chi connectivity index (χ3v) is 2.63. The van der Waals surface area contributed by atoms with Gasteiger partial charge in [-0.2, -0.15) is 13.2 Å². The Kier molecular flexibility index (Phi) is 9.08. The van der Waals surface area contributed by atoms with Crippen molar-refractivity contribution in [1.29, 1.82) is 0 Å². The van der Waals surface area contributed by atoms with Crippen molar-refractivity contribution < 1.29 is 22.7 Å². The zero-order chi connectivity index (χ0) is 15.6. The van der Waals surface area contributed by atoms with Gasteiger partial charge in [-0.25, -0.2) is 4.79 Å². The summed E-state index contributed by atoms with van der Waals surface area (Å²) in [4.78, 5) is 11.3. The fraction of sp³-hybridized carbons (Fsp3) is 0.786. The molecule has 1 unspecified atom stereocenters. The Hall–Kier alpha value is -1.20. The van der Waals surface area contributed by atoms with E-state index in [-0.39, 0.29) is 6.10 Å². The van der Waals surface area contributed by atoms with Crippen LogP contribution >= 0.6 is 0 Å². The minimum atomic E-state index is -4.42. The summed E-state index contributed by atoms with van der Waals surface area (Å²) in [5.41, 5.74) is 0. The van der Waals surface area contributed by atoms with E-state index >= 15 is 0 Å². The van der Waals surface area contributed by atoms with Crippen LogP contribution in [-0.2, 0) is 4.74 Å². The van der Waals surface area contributed by atoms with Gasteiger partial charge in [0.2, 0.25) is 0 Å². The number of allylic oxidation sites excluding steroid dienone is 1. The van der Waals surface area contributed by atoms with Gasteiger partial charge in [0.15, 0.2) is 0 Å². The van der Waals surface area contributed by atoms with Gasteiger partial charge in [0.1, 0.15) is 12.6 Å². The Labute approximate surface area is 118 Å². The summed E-state index contributed by atoms with van der Waals surface area (Å²) >= 11 is 0. The molecule has 0 heterocycles. The average Bonchev–Trinajstić information content (AvgIpc) is 2.30. The minimum absolute atomic E-state index is 0.315. The summed E-state index contributed by atoms with van der Waals surface area (Å²) in [7, 11) is 0. The quantitative estimate of drug-likeness (QED) is 0.504. The Morgan fingerprint density at radius 2 is 2.00 bits per heavy atom. The third-order valence-electron chi connectivity index (χ3n) is 2.63. The maximum Gasteiger partial charge on any atom is 0.407 e. The monoisotopic (exact) mass is 295 g/mol. The zero-order valence-electron chi connectivity index (χ0n) is 12.1. The molecular formula is C14H24F3NO2. The van der Waals surface area contributed by atoms with Gasteiger partial charge in [-0.1, -0.05) is 19.9 Å². The summed E-state index contributed by atoms with van der Waals surface area (Å²) in [6.45, 7) is 6.21. The molecule has 0 aliphatic heterocycles. The molecule has 0 bridgehead atoms. The average molecular weight is 295 g/mol. The molecule has 1 atom stereocenters. The number of carbonyl (C=O) groups excluding carboxylic acids is 1. The molecule has 0 spiro atoms. The van der Waals surface area contributed by atoms with E-state index < -0.39 is 18.8 Å². The van der Waals surface area contributed by atoms with Gasteiger partial charge >= 0.3 is 12.3 Å². The fourth-order valence-corrected chi connectivity index (χ4v) is 1.78. The van der Waals surface area contributed by atoms with E-state index in [1.807, 2.05) is 19.9 Å². The highest BCUT2D eigenvalue weighted by molar-refractivity contribution is 5.67. The van der Waals surface area contributed by atoms with Crippen LogP contribution in [0.2, 0.25) is 0 Å². The van der Waals surface area contributed by atoms with Crippen molar-refractivity contribution in [2.24, 2.45) is 5.92 Å². The van der Waals surface area contributed by atoms with Gasteiger partial charge in [-0.3, -0.25) is 0 Å². The van der Waals surface area contributed by atoms with Gasteiger partial charge < -0.3 is 10.1 Å². The van der Waals surface area contributed by atoms with E-state index in [9.17, 15) is 18.0 Å². The molecule has 0 saturated carbocycles. The van der Waals surface area contributed by atoms with E-state index in [0.29, 0.717) is 18.8 Å². The van der Waals surface area contributed by atoms with Crippen molar-refractivity contribution >= 4 is 6.09 Å². The number of ether oxygens (including phenoxy) is 1. The van der Waals surface area contributed by atoms with Crippen LogP contribution in [0, 0.1) is 5.92 Å². The van der Waals surface area contributed by atoms with E-state index in [2.05, 4.69) is 6.58 Å². The van der Waals surface area contributed by atoms with Crippen molar-refractivity contribution in [3.8, 4) is 0 Å². The molecule has 0 aliphatic rings. The first-order valence-electron chi connectivity index (χ1n) is 6.86. The largest absolute Gasteiger partial charge is 0.446 e. The fourth-order valence-electron chi connectivity index (χ4n) is 1.78. The number of hydrogen-bond acceptors (Lipinski definition) is 2. The van der Waals surface area contributed by atoms with Crippen molar-refractivity contribution in [2.45, 2.75) is 58.2 Å². The van der Waals surface area contributed by atoms with Crippen LogP contribution in [-0.4, -0.2) is 24.9 Å². The number of hydrogen-bond donors (Lipinski definition) is 1. The molecule has 118 valence electrons. The smallest absolute Gasteiger partial charge is 0.407 e. The van der Waals surface area contributed by atoms with Gasteiger partial charge in [0.25, 0.3) is 0 Å². The summed E-state index contributed by atoms with van der Waals surface area (Å²) in [6, 6.07) is 0. The number of halogens is 3. The van der Waals surface area contributed by atoms with Crippen LogP contribution in [0.4, 0.5) is 18.0 Å². The first kappa shape index (κ1) is 18.8. The summed E-state index contributed by atoms with van der Waals surface area (Å²) in [6.07, 6.45) is 0.0323. The SMILES string of the molecule is C=CCCCCC(CC(C)C)OC(=O)NCC(F)(F)F. The third kappa shape index (κ3) is 11.9. The minimum Gasteiger partial charge on any atom is -0.446 e.